The summed E-state index contributed by atoms with van der Waals surface area (Å²) in [5.41, 5.74) is 0. The lowest BCUT2D eigenvalue weighted by Gasteiger charge is -2.34. The molecule has 0 aromatic heterocycles. The van der Waals surface area contributed by atoms with Crippen molar-refractivity contribution in [2.45, 2.75) is 135 Å². The van der Waals surface area contributed by atoms with Crippen LogP contribution < -0.4 is 5.11 Å². The van der Waals surface area contributed by atoms with Gasteiger partial charge in [0.1, 0.15) is 12.6 Å². The minimum Gasteiger partial charge on any atom is -0.544 e. The molecular formula is C40H67NO7. The summed E-state index contributed by atoms with van der Waals surface area (Å²) in [6.45, 7) is 4.38. The van der Waals surface area contributed by atoms with E-state index in [0.717, 1.165) is 70.6 Å². The Balaban J connectivity index is 4.53. The van der Waals surface area contributed by atoms with Crippen LogP contribution >= 0.6 is 0 Å². The summed E-state index contributed by atoms with van der Waals surface area (Å²) >= 11 is 0. The lowest BCUT2D eigenvalue weighted by molar-refractivity contribution is -0.889. The topological polar surface area (TPSA) is 102 Å². The first-order valence-corrected chi connectivity index (χ1v) is 18.4. The van der Waals surface area contributed by atoms with E-state index in [1.807, 2.05) is 12.2 Å². The van der Waals surface area contributed by atoms with E-state index < -0.39 is 18.1 Å². The van der Waals surface area contributed by atoms with Gasteiger partial charge in [-0.15, -0.1) is 0 Å². The monoisotopic (exact) mass is 673 g/mol. The number of carbonyl (C=O) groups excluding carboxylic acids is 3. The molecule has 0 rings (SSSR count). The molecule has 0 heterocycles. The van der Waals surface area contributed by atoms with Gasteiger partial charge in [-0.2, -0.15) is 0 Å². The van der Waals surface area contributed by atoms with Gasteiger partial charge >= 0.3 is 11.9 Å². The maximum absolute atomic E-state index is 12.6. The second kappa shape index (κ2) is 31.3. The fourth-order valence-corrected chi connectivity index (χ4v) is 4.81. The van der Waals surface area contributed by atoms with Gasteiger partial charge in [-0.05, 0) is 51.4 Å². The van der Waals surface area contributed by atoms with Crippen molar-refractivity contribution in [1.82, 2.24) is 0 Å². The Labute approximate surface area is 292 Å². The molecule has 8 heteroatoms. The number of carboxylic acids is 1. The van der Waals surface area contributed by atoms with Gasteiger partial charge in [-0.25, -0.2) is 0 Å². The fourth-order valence-electron chi connectivity index (χ4n) is 4.81. The number of hydrogen-bond donors (Lipinski definition) is 0. The first-order chi connectivity index (χ1) is 23.1. The molecule has 0 saturated heterocycles. The molecule has 0 aromatic carbocycles. The Hall–Kier alpha value is -2.97. The molecular weight excluding hydrogens is 606 g/mol. The lowest BCUT2D eigenvalue weighted by Crippen LogP contribution is -2.55. The van der Waals surface area contributed by atoms with Crippen LogP contribution in [0.25, 0.3) is 0 Å². The number of likely N-dealkylation sites (N-methyl/N-ethyl adjacent to an activating group) is 1. The number of carboxylic acid groups (broad SMARTS) is 1. The predicted molar refractivity (Wildman–Crippen MR) is 194 cm³/mol. The summed E-state index contributed by atoms with van der Waals surface area (Å²) in [6, 6.07) is -0.734. The highest BCUT2D eigenvalue weighted by atomic mass is 16.6. The zero-order chi connectivity index (χ0) is 35.7. The number of carbonyl (C=O) groups is 3. The number of aliphatic carboxylic acids is 1. The zero-order valence-electron chi connectivity index (χ0n) is 30.9. The Bertz CT molecular complexity index is 975. The number of rotatable bonds is 31. The number of ether oxygens (including phenoxy) is 3. The molecule has 2 atom stereocenters. The second-order valence-corrected chi connectivity index (χ2v) is 13.2. The van der Waals surface area contributed by atoms with Gasteiger partial charge in [0.2, 0.25) is 0 Å². The minimum absolute atomic E-state index is 0.0200. The summed E-state index contributed by atoms with van der Waals surface area (Å²) in [5, 5.41) is 11.6. The highest BCUT2D eigenvalue weighted by Gasteiger charge is 2.25. The molecule has 8 nitrogen and oxygen atoms in total. The molecule has 274 valence electrons. The van der Waals surface area contributed by atoms with Crippen molar-refractivity contribution in [1.29, 1.82) is 0 Å². The molecule has 0 bridgehead atoms. The van der Waals surface area contributed by atoms with Crippen LogP contribution in [0.4, 0.5) is 0 Å². The van der Waals surface area contributed by atoms with Crippen LogP contribution in [0.2, 0.25) is 0 Å². The van der Waals surface area contributed by atoms with E-state index in [0.29, 0.717) is 12.8 Å². The molecule has 0 fully saturated rings. The van der Waals surface area contributed by atoms with Crippen molar-refractivity contribution in [3.05, 3.63) is 60.8 Å². The first-order valence-electron chi connectivity index (χ1n) is 18.4. The maximum atomic E-state index is 12.6. The van der Waals surface area contributed by atoms with Gasteiger partial charge in [0.15, 0.2) is 6.10 Å². The van der Waals surface area contributed by atoms with Crippen LogP contribution in [0, 0.1) is 0 Å². The predicted octanol–water partition coefficient (Wildman–Crippen LogP) is 7.74. The number of hydrogen-bond acceptors (Lipinski definition) is 7. The Kier molecular flexibility index (Phi) is 29.4. The third-order valence-corrected chi connectivity index (χ3v) is 7.73. The lowest BCUT2D eigenvalue weighted by atomic mass is 10.1. The van der Waals surface area contributed by atoms with Crippen molar-refractivity contribution in [3.63, 3.8) is 0 Å². The molecule has 0 saturated carbocycles. The summed E-state index contributed by atoms with van der Waals surface area (Å²) < 4.78 is 17.0. The van der Waals surface area contributed by atoms with Crippen molar-refractivity contribution >= 4 is 17.9 Å². The van der Waals surface area contributed by atoms with E-state index in [1.165, 1.54) is 12.8 Å². The standard InChI is InChI=1S/C40H67NO7/c1-6-8-10-12-14-16-18-19-21-22-24-26-28-30-38(42)47-35-36(34-46-33-32-37(40(44)45)41(3,4)5)48-39(43)31-29-27-25-23-20-17-15-13-11-9-7-2/h8,10,12-18,20,36-37H,6-7,9,11,19,21-35H2,1-5H3/b10-8+,14-12+,15-13+,18-16+,20-17+. The normalized spacial score (nSPS) is 13.8. The third kappa shape index (κ3) is 29.2. The highest BCUT2D eigenvalue weighted by Crippen LogP contribution is 2.11. The number of unbranched alkanes of at least 4 members (excludes halogenated alkanes) is 10. The average Bonchev–Trinajstić information content (AvgIpc) is 3.03. The molecule has 0 aromatic rings. The molecule has 0 aliphatic rings. The average molecular weight is 674 g/mol. The Morgan fingerprint density at radius 2 is 1.17 bits per heavy atom. The minimum atomic E-state index is -1.14. The van der Waals surface area contributed by atoms with Crippen molar-refractivity contribution in [2.75, 3.05) is 41.0 Å². The number of allylic oxidation sites excluding steroid dienone is 10. The largest absolute Gasteiger partial charge is 0.544 e. The van der Waals surface area contributed by atoms with Gasteiger partial charge in [-0.3, -0.25) is 9.59 Å². The van der Waals surface area contributed by atoms with Crippen LogP contribution in [0.3, 0.4) is 0 Å². The third-order valence-electron chi connectivity index (χ3n) is 7.73. The van der Waals surface area contributed by atoms with Crippen molar-refractivity contribution < 1.29 is 38.2 Å². The summed E-state index contributed by atoms with van der Waals surface area (Å²) in [6.07, 6.45) is 35.3. The number of nitrogens with zero attached hydrogens (tertiary/aromatic N) is 1. The van der Waals surface area contributed by atoms with Crippen LogP contribution in [-0.2, 0) is 28.6 Å². The van der Waals surface area contributed by atoms with Crippen LogP contribution in [0.15, 0.2) is 60.8 Å². The maximum Gasteiger partial charge on any atom is 0.306 e. The quantitative estimate of drug-likeness (QED) is 0.0321. The molecule has 0 spiro atoms. The zero-order valence-corrected chi connectivity index (χ0v) is 30.9. The summed E-state index contributed by atoms with van der Waals surface area (Å²) in [5.74, 6) is -1.81. The van der Waals surface area contributed by atoms with E-state index in [-0.39, 0.29) is 49.1 Å². The van der Waals surface area contributed by atoms with E-state index in [9.17, 15) is 19.5 Å². The van der Waals surface area contributed by atoms with E-state index >= 15 is 0 Å². The Morgan fingerprint density at radius 1 is 0.646 bits per heavy atom. The van der Waals surface area contributed by atoms with E-state index in [1.54, 1.807) is 21.1 Å². The SMILES string of the molecule is CC/C=C/C=C/C=C/CCCCCCCC(=O)OCC(COCCC(C(=O)[O-])[N+](C)(C)C)OC(=O)CCCCC/C=C/C=C/CCCC. The van der Waals surface area contributed by atoms with Crippen molar-refractivity contribution in [3.8, 4) is 0 Å². The summed E-state index contributed by atoms with van der Waals surface area (Å²) in [7, 11) is 5.37. The van der Waals surface area contributed by atoms with Gasteiger partial charge in [0, 0.05) is 19.3 Å². The van der Waals surface area contributed by atoms with Crippen molar-refractivity contribution in [2.24, 2.45) is 0 Å². The first kappa shape index (κ1) is 45.0. The molecule has 2 unspecified atom stereocenters. The molecule has 0 N–H and O–H groups in total. The molecule has 48 heavy (non-hydrogen) atoms. The van der Waals surface area contributed by atoms with Gasteiger partial charge in [0.05, 0.1) is 40.3 Å². The van der Waals surface area contributed by atoms with Gasteiger partial charge in [0.25, 0.3) is 0 Å². The highest BCUT2D eigenvalue weighted by molar-refractivity contribution is 5.70. The number of quaternary nitrogens is 1. The smallest absolute Gasteiger partial charge is 0.306 e. The van der Waals surface area contributed by atoms with E-state index in [4.69, 9.17) is 14.2 Å². The fraction of sp³-hybridized carbons (Fsp3) is 0.675. The van der Waals surface area contributed by atoms with Crippen LogP contribution in [0.1, 0.15) is 123 Å². The van der Waals surface area contributed by atoms with Gasteiger partial charge < -0.3 is 28.6 Å². The van der Waals surface area contributed by atoms with Gasteiger partial charge in [-0.1, -0.05) is 113 Å². The van der Waals surface area contributed by atoms with Crippen LogP contribution in [0.5, 0.6) is 0 Å². The number of esters is 2. The summed E-state index contributed by atoms with van der Waals surface area (Å²) in [4.78, 5) is 36.6. The Morgan fingerprint density at radius 3 is 1.75 bits per heavy atom. The van der Waals surface area contributed by atoms with E-state index in [2.05, 4.69) is 62.5 Å². The molecule has 0 radical (unpaired) electrons. The second-order valence-electron chi connectivity index (χ2n) is 13.2. The molecule has 0 amide bonds. The van der Waals surface area contributed by atoms with Crippen LogP contribution in [-0.4, -0.2) is 75.5 Å². The molecule has 0 aliphatic carbocycles. The molecule has 0 aliphatic heterocycles.